The second kappa shape index (κ2) is 5.53. The van der Waals surface area contributed by atoms with Gasteiger partial charge in [0.15, 0.2) is 0 Å². The Hall–Kier alpha value is -0.770. The molecule has 0 saturated heterocycles. The third kappa shape index (κ3) is 2.48. The van der Waals surface area contributed by atoms with Crippen molar-refractivity contribution in [1.29, 1.82) is 0 Å². The molecule has 4 heteroatoms. The largest absolute Gasteiger partial charge is 0.496 e. The molecule has 0 aliphatic carbocycles. The van der Waals surface area contributed by atoms with Crippen LogP contribution in [0.1, 0.15) is 22.8 Å². The molecule has 0 aliphatic rings. The number of aliphatic hydroxyl groups is 1. The van der Waals surface area contributed by atoms with Crippen LogP contribution in [0.2, 0.25) is 5.02 Å². The van der Waals surface area contributed by atoms with E-state index < -0.39 is 6.10 Å². The number of benzene rings is 1. The Balaban J connectivity index is 3.30. The van der Waals surface area contributed by atoms with Crippen molar-refractivity contribution in [2.24, 2.45) is 0 Å². The molecule has 2 N–H and O–H groups in total. The zero-order valence-corrected chi connectivity index (χ0v) is 10.9. The lowest BCUT2D eigenvalue weighted by Crippen LogP contribution is -2.18. The molecule has 3 nitrogen and oxygen atoms in total. The van der Waals surface area contributed by atoms with E-state index in [1.807, 2.05) is 19.9 Å². The van der Waals surface area contributed by atoms with Gasteiger partial charge in [-0.3, -0.25) is 0 Å². The molecular formula is C12H18ClNO2. The third-order valence-corrected chi connectivity index (χ3v) is 3.04. The van der Waals surface area contributed by atoms with Gasteiger partial charge in [-0.2, -0.15) is 0 Å². The number of aliphatic hydroxyl groups excluding tert-OH is 1. The molecule has 90 valence electrons. The van der Waals surface area contributed by atoms with Gasteiger partial charge < -0.3 is 15.2 Å². The quantitative estimate of drug-likeness (QED) is 0.852. The molecule has 1 atom stereocenters. The van der Waals surface area contributed by atoms with Gasteiger partial charge in [0.2, 0.25) is 0 Å². The van der Waals surface area contributed by atoms with Crippen molar-refractivity contribution in [1.82, 2.24) is 5.32 Å². The number of ether oxygens (including phenoxy) is 1. The Kier molecular flexibility index (Phi) is 4.59. The number of halogens is 1. The lowest BCUT2D eigenvalue weighted by atomic mass is 9.99. The highest BCUT2D eigenvalue weighted by atomic mass is 35.5. The van der Waals surface area contributed by atoms with Gasteiger partial charge in [-0.15, -0.1) is 0 Å². The van der Waals surface area contributed by atoms with E-state index in [1.54, 1.807) is 14.2 Å². The normalized spacial score (nSPS) is 12.6. The van der Waals surface area contributed by atoms with Crippen LogP contribution in [-0.2, 0) is 0 Å². The van der Waals surface area contributed by atoms with Gasteiger partial charge in [-0.25, -0.2) is 0 Å². The number of hydrogen-bond donors (Lipinski definition) is 2. The number of hydrogen-bond acceptors (Lipinski definition) is 3. The maximum atomic E-state index is 10.0. The van der Waals surface area contributed by atoms with E-state index in [4.69, 9.17) is 16.3 Å². The predicted octanol–water partition coefficient (Wildman–Crippen LogP) is 2.22. The predicted molar refractivity (Wildman–Crippen MR) is 66.4 cm³/mol. The average Bonchev–Trinajstić information content (AvgIpc) is 2.23. The van der Waals surface area contributed by atoms with Crippen LogP contribution in [0.4, 0.5) is 0 Å². The summed E-state index contributed by atoms with van der Waals surface area (Å²) in [5, 5.41) is 13.6. The second-order valence-corrected chi connectivity index (χ2v) is 4.23. The van der Waals surface area contributed by atoms with E-state index in [0.717, 1.165) is 16.7 Å². The smallest absolute Gasteiger partial charge is 0.129 e. The molecule has 1 unspecified atom stereocenters. The summed E-state index contributed by atoms with van der Waals surface area (Å²) in [6.07, 6.45) is -0.587. The zero-order chi connectivity index (χ0) is 12.3. The zero-order valence-electron chi connectivity index (χ0n) is 10.1. The van der Waals surface area contributed by atoms with Gasteiger partial charge in [0.05, 0.1) is 13.2 Å². The maximum Gasteiger partial charge on any atom is 0.129 e. The van der Waals surface area contributed by atoms with Crippen molar-refractivity contribution in [2.75, 3.05) is 20.7 Å². The Morgan fingerprint density at radius 1 is 1.50 bits per heavy atom. The Labute approximate surface area is 101 Å². The molecule has 1 aromatic carbocycles. The molecule has 0 radical (unpaired) electrons. The monoisotopic (exact) mass is 243 g/mol. The number of aryl methyl sites for hydroxylation is 1. The van der Waals surface area contributed by atoms with E-state index in [2.05, 4.69) is 5.32 Å². The van der Waals surface area contributed by atoms with Crippen LogP contribution in [-0.4, -0.2) is 25.8 Å². The maximum absolute atomic E-state index is 10.0. The average molecular weight is 244 g/mol. The Morgan fingerprint density at radius 3 is 2.62 bits per heavy atom. The number of rotatable bonds is 4. The Morgan fingerprint density at radius 2 is 2.12 bits per heavy atom. The van der Waals surface area contributed by atoms with E-state index in [1.165, 1.54) is 0 Å². The third-order valence-electron chi connectivity index (χ3n) is 2.65. The van der Waals surface area contributed by atoms with Crippen molar-refractivity contribution in [3.8, 4) is 5.75 Å². The van der Waals surface area contributed by atoms with Gasteiger partial charge in [-0.1, -0.05) is 11.6 Å². The summed E-state index contributed by atoms with van der Waals surface area (Å²) in [4.78, 5) is 0. The number of methoxy groups -OCH3 is 1. The molecule has 0 saturated carbocycles. The Bertz CT molecular complexity index is 380. The molecule has 0 bridgehead atoms. The first-order valence-electron chi connectivity index (χ1n) is 5.19. The van der Waals surface area contributed by atoms with E-state index >= 15 is 0 Å². The van der Waals surface area contributed by atoms with Crippen LogP contribution in [0.5, 0.6) is 5.75 Å². The van der Waals surface area contributed by atoms with Crippen molar-refractivity contribution in [2.45, 2.75) is 20.0 Å². The molecule has 16 heavy (non-hydrogen) atoms. The van der Waals surface area contributed by atoms with Gasteiger partial charge in [0.1, 0.15) is 5.75 Å². The highest BCUT2D eigenvalue weighted by Gasteiger charge is 2.19. The minimum absolute atomic E-state index is 0.484. The minimum Gasteiger partial charge on any atom is -0.496 e. The summed E-state index contributed by atoms with van der Waals surface area (Å²) < 4.78 is 5.33. The lowest BCUT2D eigenvalue weighted by Gasteiger charge is -2.19. The highest BCUT2D eigenvalue weighted by Crippen LogP contribution is 2.36. The number of likely N-dealkylation sites (N-methyl/N-ethyl adjacent to an activating group) is 1. The van der Waals surface area contributed by atoms with Crippen LogP contribution in [0.15, 0.2) is 6.07 Å². The fourth-order valence-corrected chi connectivity index (χ4v) is 2.09. The first-order chi connectivity index (χ1) is 7.52. The molecule has 0 spiro atoms. The molecule has 0 amide bonds. The molecular weight excluding hydrogens is 226 g/mol. The number of nitrogens with one attached hydrogen (secondary N) is 1. The standard InChI is InChI=1S/C12H18ClNO2/c1-7-5-9(13)8(2)12(16-4)11(7)10(15)6-14-3/h5,10,14-15H,6H2,1-4H3. The summed E-state index contributed by atoms with van der Waals surface area (Å²) in [6, 6.07) is 1.85. The van der Waals surface area contributed by atoms with Gasteiger partial charge in [-0.05, 0) is 32.5 Å². The summed E-state index contributed by atoms with van der Waals surface area (Å²) in [6.45, 7) is 4.29. The molecule has 1 rings (SSSR count). The van der Waals surface area contributed by atoms with Crippen LogP contribution < -0.4 is 10.1 Å². The summed E-state index contributed by atoms with van der Waals surface area (Å²) in [5.41, 5.74) is 2.61. The minimum atomic E-state index is -0.587. The summed E-state index contributed by atoms with van der Waals surface area (Å²) in [7, 11) is 3.39. The van der Waals surface area contributed by atoms with Gasteiger partial charge >= 0.3 is 0 Å². The van der Waals surface area contributed by atoms with Crippen LogP contribution in [0.3, 0.4) is 0 Å². The molecule has 0 fully saturated rings. The summed E-state index contributed by atoms with van der Waals surface area (Å²) in [5.74, 6) is 0.674. The molecule has 0 heterocycles. The van der Waals surface area contributed by atoms with Crippen LogP contribution in [0, 0.1) is 13.8 Å². The van der Waals surface area contributed by atoms with E-state index in [-0.39, 0.29) is 0 Å². The van der Waals surface area contributed by atoms with Crippen molar-refractivity contribution in [3.63, 3.8) is 0 Å². The molecule has 0 aromatic heterocycles. The highest BCUT2D eigenvalue weighted by molar-refractivity contribution is 6.31. The fourth-order valence-electron chi connectivity index (χ4n) is 1.84. The second-order valence-electron chi connectivity index (χ2n) is 3.82. The first-order valence-corrected chi connectivity index (χ1v) is 5.57. The van der Waals surface area contributed by atoms with E-state index in [9.17, 15) is 5.11 Å². The van der Waals surface area contributed by atoms with Crippen molar-refractivity contribution in [3.05, 3.63) is 27.8 Å². The van der Waals surface area contributed by atoms with E-state index in [0.29, 0.717) is 17.3 Å². The van der Waals surface area contributed by atoms with Crippen molar-refractivity contribution >= 4 is 11.6 Å². The van der Waals surface area contributed by atoms with Gasteiger partial charge in [0.25, 0.3) is 0 Å². The SMILES string of the molecule is CNCC(O)c1c(C)cc(Cl)c(C)c1OC. The topological polar surface area (TPSA) is 41.5 Å². The molecule has 0 aliphatic heterocycles. The van der Waals surface area contributed by atoms with Crippen molar-refractivity contribution < 1.29 is 9.84 Å². The first kappa shape index (κ1) is 13.3. The van der Waals surface area contributed by atoms with Crippen LogP contribution >= 0.6 is 11.6 Å². The lowest BCUT2D eigenvalue weighted by molar-refractivity contribution is 0.172. The molecule has 1 aromatic rings. The summed E-state index contributed by atoms with van der Waals surface area (Å²) >= 11 is 6.07. The fraction of sp³-hybridized carbons (Fsp3) is 0.500. The van der Waals surface area contributed by atoms with Gasteiger partial charge in [0, 0.05) is 22.7 Å². The van der Waals surface area contributed by atoms with Crippen LogP contribution in [0.25, 0.3) is 0 Å².